The summed E-state index contributed by atoms with van der Waals surface area (Å²) in [6, 6.07) is 1.30. The number of hydrogen-bond donors (Lipinski definition) is 1. The van der Waals surface area contributed by atoms with Crippen molar-refractivity contribution >= 4 is 20.3 Å². The van der Waals surface area contributed by atoms with E-state index in [2.05, 4.69) is 25.0 Å². The number of esters is 1. The van der Waals surface area contributed by atoms with Gasteiger partial charge in [-0.2, -0.15) is 0 Å². The first kappa shape index (κ1) is 22.7. The van der Waals surface area contributed by atoms with E-state index >= 15 is 0 Å². The quantitative estimate of drug-likeness (QED) is 0.270. The molecule has 1 aliphatic carbocycles. The maximum absolute atomic E-state index is 12.7. The Hall–Kier alpha value is -1.34. The fourth-order valence-electron chi connectivity index (χ4n) is 3.15. The second-order valence-corrected chi connectivity index (χ2v) is 12.1. The molecule has 0 unspecified atom stereocenters. The van der Waals surface area contributed by atoms with Gasteiger partial charge in [0, 0.05) is 25.3 Å². The Labute approximate surface area is 159 Å². The van der Waals surface area contributed by atoms with Crippen LogP contribution in [0, 0.1) is 0 Å². The summed E-state index contributed by atoms with van der Waals surface area (Å²) < 4.78 is 10.6. The first-order chi connectivity index (χ1) is 12.3. The Morgan fingerprint density at radius 2 is 1.88 bits per heavy atom. The molecule has 0 atom stereocenters. The van der Waals surface area contributed by atoms with Gasteiger partial charge in [0.15, 0.2) is 8.32 Å². The molecule has 1 fully saturated rings. The van der Waals surface area contributed by atoms with Crippen LogP contribution in [0.3, 0.4) is 0 Å². The van der Waals surface area contributed by atoms with Gasteiger partial charge in [-0.3, -0.25) is 0 Å². The van der Waals surface area contributed by atoms with E-state index in [-0.39, 0.29) is 12.6 Å². The highest BCUT2D eigenvalue weighted by atomic mass is 28.4. The lowest BCUT2D eigenvalue weighted by molar-refractivity contribution is -0.138. The van der Waals surface area contributed by atoms with Gasteiger partial charge in [0.1, 0.15) is 6.61 Å². The first-order valence-corrected chi connectivity index (χ1v) is 12.8. The number of nitrogens with zero attached hydrogens (tertiary/aromatic N) is 1. The zero-order valence-electron chi connectivity index (χ0n) is 16.9. The molecule has 0 heterocycles. The highest BCUT2D eigenvalue weighted by molar-refractivity contribution is 6.71. The molecule has 150 valence electrons. The van der Waals surface area contributed by atoms with Crippen LogP contribution in [0.5, 0.6) is 0 Å². The Morgan fingerprint density at radius 1 is 1.23 bits per heavy atom. The van der Waals surface area contributed by atoms with E-state index in [1.807, 2.05) is 4.90 Å². The van der Waals surface area contributed by atoms with E-state index in [0.717, 1.165) is 31.9 Å². The normalized spacial score (nSPS) is 15.4. The van der Waals surface area contributed by atoms with E-state index in [9.17, 15) is 9.59 Å². The summed E-state index contributed by atoms with van der Waals surface area (Å²) in [7, 11) is 0.175. The highest BCUT2D eigenvalue weighted by Gasteiger charge is 2.27. The number of urea groups is 1. The molecule has 0 aromatic rings. The molecule has 6 nitrogen and oxygen atoms in total. The number of hydrogen-bond acceptors (Lipinski definition) is 4. The number of amides is 2. The van der Waals surface area contributed by atoms with Gasteiger partial charge in [0.25, 0.3) is 0 Å². The van der Waals surface area contributed by atoms with E-state index in [1.54, 1.807) is 14.0 Å². The molecule has 0 bridgehead atoms. The molecule has 0 aromatic heterocycles. The van der Waals surface area contributed by atoms with Gasteiger partial charge >= 0.3 is 12.0 Å². The third kappa shape index (κ3) is 8.36. The van der Waals surface area contributed by atoms with Gasteiger partial charge in [0.2, 0.25) is 0 Å². The minimum absolute atomic E-state index is 0.0554. The maximum Gasteiger partial charge on any atom is 0.333 e. The van der Waals surface area contributed by atoms with Crippen LogP contribution < -0.4 is 5.32 Å². The molecule has 7 heteroatoms. The van der Waals surface area contributed by atoms with Crippen LogP contribution in [0.15, 0.2) is 12.2 Å². The summed E-state index contributed by atoms with van der Waals surface area (Å²) in [5, 5.41) is 2.90. The number of rotatable bonds is 10. The van der Waals surface area contributed by atoms with E-state index in [1.165, 1.54) is 19.3 Å². The Morgan fingerprint density at radius 3 is 2.46 bits per heavy atom. The lowest BCUT2D eigenvalue weighted by Gasteiger charge is -2.35. The minimum Gasteiger partial charge on any atom is -0.460 e. The summed E-state index contributed by atoms with van der Waals surface area (Å²) in [4.78, 5) is 26.0. The smallest absolute Gasteiger partial charge is 0.333 e. The first-order valence-electron chi connectivity index (χ1n) is 9.69. The second kappa shape index (κ2) is 11.4. The van der Waals surface area contributed by atoms with Crippen molar-refractivity contribution in [2.45, 2.75) is 70.6 Å². The predicted molar refractivity (Wildman–Crippen MR) is 107 cm³/mol. The predicted octanol–water partition coefficient (Wildman–Crippen LogP) is 3.69. The van der Waals surface area contributed by atoms with Gasteiger partial charge in [0.05, 0.1) is 6.54 Å². The van der Waals surface area contributed by atoms with Crippen molar-refractivity contribution < 1.29 is 18.8 Å². The van der Waals surface area contributed by atoms with Crippen LogP contribution in [0.2, 0.25) is 19.1 Å². The lowest BCUT2D eigenvalue weighted by Crippen LogP contribution is -2.48. The standard InChI is InChI=1S/C19H36N2O4Si/c1-16(2)18(22)25-14-12-20-19(23)21(17-10-7-6-8-11-17)13-9-15-26(4,5)24-3/h17H,1,6-15H2,2-5H3,(H,20,23). The SMILES string of the molecule is C=C(C)C(=O)OCCNC(=O)N(CCC[Si](C)(C)OC)C1CCCCC1. The van der Waals surface area contributed by atoms with Crippen molar-refractivity contribution in [3.05, 3.63) is 12.2 Å². The summed E-state index contributed by atoms with van der Waals surface area (Å²) in [6.45, 7) is 10.8. The second-order valence-electron chi connectivity index (χ2n) is 7.70. The molecular formula is C19H36N2O4Si. The summed E-state index contributed by atoms with van der Waals surface area (Å²) in [5.41, 5.74) is 0.366. The molecule has 1 rings (SSSR count). The summed E-state index contributed by atoms with van der Waals surface area (Å²) in [5.74, 6) is -0.421. The third-order valence-corrected chi connectivity index (χ3v) is 7.63. The monoisotopic (exact) mass is 384 g/mol. The van der Waals surface area contributed by atoms with Crippen molar-refractivity contribution in [2.75, 3.05) is 26.8 Å². The molecule has 26 heavy (non-hydrogen) atoms. The van der Waals surface area contributed by atoms with Crippen molar-refractivity contribution in [3.8, 4) is 0 Å². The van der Waals surface area contributed by atoms with Crippen LogP contribution in [0.4, 0.5) is 4.79 Å². The number of carbonyl (C=O) groups is 2. The minimum atomic E-state index is -1.61. The molecule has 2 amide bonds. The fourth-order valence-corrected chi connectivity index (χ4v) is 4.36. The number of carbonyl (C=O) groups excluding carboxylic acids is 2. The van der Waals surface area contributed by atoms with Crippen LogP contribution >= 0.6 is 0 Å². The average Bonchev–Trinajstić information content (AvgIpc) is 2.62. The van der Waals surface area contributed by atoms with Gasteiger partial charge in [-0.1, -0.05) is 25.8 Å². The summed E-state index contributed by atoms with van der Waals surface area (Å²) >= 11 is 0. The van der Waals surface area contributed by atoms with Crippen molar-refractivity contribution in [1.82, 2.24) is 10.2 Å². The Kier molecular flexibility index (Phi) is 9.94. The zero-order chi connectivity index (χ0) is 19.6. The molecule has 0 radical (unpaired) electrons. The molecule has 0 aliphatic heterocycles. The topological polar surface area (TPSA) is 67.9 Å². The van der Waals surface area contributed by atoms with Crippen molar-refractivity contribution in [3.63, 3.8) is 0 Å². The molecular weight excluding hydrogens is 348 g/mol. The van der Waals surface area contributed by atoms with Crippen LogP contribution in [0.1, 0.15) is 45.4 Å². The third-order valence-electron chi connectivity index (χ3n) is 4.97. The number of ether oxygens (including phenoxy) is 1. The van der Waals surface area contributed by atoms with Gasteiger partial charge in [-0.15, -0.1) is 0 Å². The maximum atomic E-state index is 12.7. The van der Waals surface area contributed by atoms with Crippen LogP contribution in [-0.2, 0) is 14.0 Å². The van der Waals surface area contributed by atoms with E-state index in [0.29, 0.717) is 18.2 Å². The molecule has 1 aliphatic rings. The van der Waals surface area contributed by atoms with Gasteiger partial charge < -0.3 is 19.4 Å². The fraction of sp³-hybridized carbons (Fsp3) is 0.789. The van der Waals surface area contributed by atoms with Crippen molar-refractivity contribution in [1.29, 1.82) is 0 Å². The molecule has 0 spiro atoms. The van der Waals surface area contributed by atoms with Crippen LogP contribution in [0.25, 0.3) is 0 Å². The molecule has 1 saturated carbocycles. The molecule has 0 aromatic carbocycles. The average molecular weight is 385 g/mol. The summed E-state index contributed by atoms with van der Waals surface area (Å²) in [6.07, 6.45) is 6.73. The largest absolute Gasteiger partial charge is 0.460 e. The van der Waals surface area contributed by atoms with Crippen molar-refractivity contribution in [2.24, 2.45) is 0 Å². The van der Waals surface area contributed by atoms with E-state index < -0.39 is 14.3 Å². The molecule has 1 N–H and O–H groups in total. The number of nitrogens with one attached hydrogen (secondary N) is 1. The molecule has 0 saturated heterocycles. The lowest BCUT2D eigenvalue weighted by atomic mass is 9.94. The van der Waals surface area contributed by atoms with Gasteiger partial charge in [-0.25, -0.2) is 9.59 Å². The zero-order valence-corrected chi connectivity index (χ0v) is 17.9. The van der Waals surface area contributed by atoms with E-state index in [4.69, 9.17) is 9.16 Å². The highest BCUT2D eigenvalue weighted by Crippen LogP contribution is 2.24. The Balaban J connectivity index is 2.50. The van der Waals surface area contributed by atoms with Crippen LogP contribution in [-0.4, -0.2) is 58.1 Å². The Bertz CT molecular complexity index is 476. The van der Waals surface area contributed by atoms with Gasteiger partial charge in [-0.05, 0) is 45.3 Å².